The molecule has 6 N–H and O–H groups in total. The lowest BCUT2D eigenvalue weighted by atomic mass is 9.85. The van der Waals surface area contributed by atoms with Gasteiger partial charge in [-0.15, -0.1) is 0 Å². The van der Waals surface area contributed by atoms with Crippen molar-refractivity contribution in [1.29, 1.82) is 0 Å². The molecule has 6 unspecified atom stereocenters. The summed E-state index contributed by atoms with van der Waals surface area (Å²) in [6.45, 7) is 2.99. The number of allylic oxidation sites excluding steroid dienone is 14. The number of aliphatic hydroxyl groups is 5. The Hall–Kier alpha value is -2.97. The minimum Gasteiger partial charge on any atom is -0.462 e. The highest BCUT2D eigenvalue weighted by molar-refractivity contribution is 7.47. The highest BCUT2D eigenvalue weighted by atomic mass is 31.2. The highest BCUT2D eigenvalue weighted by Gasteiger charge is 2.51. The maximum absolute atomic E-state index is 12.8. The van der Waals surface area contributed by atoms with Crippen LogP contribution in [0.4, 0.5) is 0 Å². The molecular formula is C45H73O13P. The van der Waals surface area contributed by atoms with E-state index in [4.69, 9.17) is 18.5 Å². The first-order valence-corrected chi connectivity index (χ1v) is 22.9. The van der Waals surface area contributed by atoms with Gasteiger partial charge in [-0.3, -0.25) is 18.6 Å². The quantitative estimate of drug-likeness (QED) is 0.0162. The molecule has 1 aliphatic carbocycles. The third kappa shape index (κ3) is 27.5. The lowest BCUT2D eigenvalue weighted by Gasteiger charge is -2.41. The van der Waals surface area contributed by atoms with Crippen molar-refractivity contribution < 1.29 is 63.1 Å². The number of unbranched alkanes of at least 4 members (excludes halogenated alkanes) is 7. The van der Waals surface area contributed by atoms with Crippen LogP contribution in [-0.4, -0.2) is 98.3 Å². The summed E-state index contributed by atoms with van der Waals surface area (Å²) < 4.78 is 33.4. The monoisotopic (exact) mass is 852 g/mol. The van der Waals surface area contributed by atoms with Crippen molar-refractivity contribution in [2.45, 2.75) is 172 Å². The Kier molecular flexibility index (Phi) is 31.8. The van der Waals surface area contributed by atoms with Crippen LogP contribution in [0.2, 0.25) is 0 Å². The van der Waals surface area contributed by atoms with E-state index < -0.39 is 75.7 Å². The van der Waals surface area contributed by atoms with Crippen molar-refractivity contribution in [2.75, 3.05) is 13.2 Å². The highest BCUT2D eigenvalue weighted by Crippen LogP contribution is 2.47. The fourth-order valence-corrected chi connectivity index (χ4v) is 6.79. The van der Waals surface area contributed by atoms with E-state index in [0.717, 1.165) is 83.5 Å². The standard InChI is InChI=1S/C45H73O13P/c1-3-5-7-9-11-13-15-17-19-21-23-25-27-29-31-33-38(46)55-35-37(36-56-59(53,54)58-45-43(51)41(49)40(48)42(50)44(45)52)57-39(47)34-32-30-28-26-24-22-20-18-16-14-12-10-8-6-4-2/h5-8,11-14,17-20,24,26,37,40-45,48-52H,3-4,9-10,15-16,21-23,25,27-36H2,1-2H3,(H,53,54)/b7-5+,8-6+,13-11+,14-12+,19-17+,20-18+,26-24+/t37-,40?,41-,42?,43?,44?,45?/m1/s1. The van der Waals surface area contributed by atoms with Crippen LogP contribution in [0.3, 0.4) is 0 Å². The molecule has 1 fully saturated rings. The Morgan fingerprint density at radius 2 is 0.915 bits per heavy atom. The summed E-state index contributed by atoms with van der Waals surface area (Å²) in [6.07, 6.45) is 30.8. The molecular weight excluding hydrogens is 779 g/mol. The van der Waals surface area contributed by atoms with Gasteiger partial charge in [0.2, 0.25) is 0 Å². The summed E-state index contributed by atoms with van der Waals surface area (Å²) in [7, 11) is -5.14. The summed E-state index contributed by atoms with van der Waals surface area (Å²) >= 11 is 0. The van der Waals surface area contributed by atoms with Gasteiger partial charge in [-0.1, -0.05) is 118 Å². The zero-order valence-electron chi connectivity index (χ0n) is 35.3. The smallest absolute Gasteiger partial charge is 0.462 e. The van der Waals surface area contributed by atoms with Crippen LogP contribution in [0.15, 0.2) is 85.1 Å². The number of phosphoric ester groups is 1. The maximum atomic E-state index is 12.8. The van der Waals surface area contributed by atoms with Gasteiger partial charge in [0.05, 0.1) is 6.61 Å². The van der Waals surface area contributed by atoms with Gasteiger partial charge in [-0.05, 0) is 83.5 Å². The molecule has 0 spiro atoms. The molecule has 0 bridgehead atoms. The number of aliphatic hydroxyl groups excluding tert-OH is 5. The van der Waals surface area contributed by atoms with Crippen molar-refractivity contribution >= 4 is 19.8 Å². The lowest BCUT2D eigenvalue weighted by molar-refractivity contribution is -0.220. The number of carbonyl (C=O) groups is 2. The zero-order valence-corrected chi connectivity index (χ0v) is 36.1. The Bertz CT molecular complexity index is 1360. The second-order valence-corrected chi connectivity index (χ2v) is 15.8. The molecule has 0 aliphatic heterocycles. The Morgan fingerprint density at radius 1 is 0.525 bits per heavy atom. The number of ether oxygens (including phenoxy) is 2. The van der Waals surface area contributed by atoms with E-state index in [-0.39, 0.29) is 12.8 Å². The Morgan fingerprint density at radius 3 is 1.42 bits per heavy atom. The van der Waals surface area contributed by atoms with Crippen LogP contribution < -0.4 is 0 Å². The number of phosphoric acid groups is 1. The second-order valence-electron chi connectivity index (χ2n) is 14.4. The Balaban J connectivity index is 2.55. The molecule has 13 nitrogen and oxygen atoms in total. The fraction of sp³-hybridized carbons (Fsp3) is 0.644. The predicted molar refractivity (Wildman–Crippen MR) is 230 cm³/mol. The molecule has 59 heavy (non-hydrogen) atoms. The second kappa shape index (κ2) is 34.7. The first-order chi connectivity index (χ1) is 28.4. The topological polar surface area (TPSA) is 210 Å². The van der Waals surface area contributed by atoms with Crippen LogP contribution in [0.25, 0.3) is 0 Å². The van der Waals surface area contributed by atoms with Crippen LogP contribution in [-0.2, 0) is 32.7 Å². The average Bonchev–Trinajstić information content (AvgIpc) is 3.21. The van der Waals surface area contributed by atoms with Gasteiger partial charge < -0.3 is 39.9 Å². The van der Waals surface area contributed by atoms with Crippen LogP contribution in [0.5, 0.6) is 0 Å². The number of carbonyl (C=O) groups excluding carboxylic acids is 2. The van der Waals surface area contributed by atoms with Gasteiger partial charge in [-0.2, -0.15) is 0 Å². The minimum absolute atomic E-state index is 0.0353. The summed E-state index contributed by atoms with van der Waals surface area (Å²) in [5.74, 6) is -1.18. The maximum Gasteiger partial charge on any atom is 0.472 e. The molecule has 1 rings (SSSR count). The SMILES string of the molecule is CC/C=C/C/C=C/C/C=C/C/C=C/CCCCC(=O)O[C@H](COC(=O)CCCCCCC/C=C/C/C=C/C/C=C/CC)COP(=O)(O)OC1C(O)C(O)C(O)[C@@H](O)C1O. The largest absolute Gasteiger partial charge is 0.472 e. The van der Waals surface area contributed by atoms with E-state index >= 15 is 0 Å². The minimum atomic E-state index is -5.14. The van der Waals surface area contributed by atoms with Gasteiger partial charge in [0.25, 0.3) is 0 Å². The first-order valence-electron chi connectivity index (χ1n) is 21.4. The molecule has 0 aromatic heterocycles. The van der Waals surface area contributed by atoms with Crippen molar-refractivity contribution in [1.82, 2.24) is 0 Å². The van der Waals surface area contributed by atoms with E-state index in [1.165, 1.54) is 0 Å². The molecule has 8 atom stereocenters. The molecule has 0 aromatic carbocycles. The van der Waals surface area contributed by atoms with Gasteiger partial charge in [-0.25, -0.2) is 4.57 Å². The molecule has 14 heteroatoms. The molecule has 0 aromatic rings. The average molecular weight is 853 g/mol. The molecule has 0 heterocycles. The van der Waals surface area contributed by atoms with E-state index in [1.54, 1.807) is 0 Å². The van der Waals surface area contributed by atoms with Crippen molar-refractivity contribution in [3.8, 4) is 0 Å². The first kappa shape index (κ1) is 54.0. The summed E-state index contributed by atoms with van der Waals surface area (Å²) in [5.41, 5.74) is 0. The molecule has 336 valence electrons. The molecule has 1 aliphatic rings. The normalized spacial score (nSPS) is 23.2. The van der Waals surface area contributed by atoms with Gasteiger partial charge in [0.15, 0.2) is 6.10 Å². The van der Waals surface area contributed by atoms with Crippen molar-refractivity contribution in [2.24, 2.45) is 0 Å². The third-order valence-electron chi connectivity index (χ3n) is 9.23. The fourth-order valence-electron chi connectivity index (χ4n) is 5.82. The third-order valence-corrected chi connectivity index (χ3v) is 10.2. The van der Waals surface area contributed by atoms with Crippen molar-refractivity contribution in [3.05, 3.63) is 85.1 Å². The molecule has 0 radical (unpaired) electrons. The van der Waals surface area contributed by atoms with E-state index in [2.05, 4.69) is 92.8 Å². The number of hydrogen-bond acceptors (Lipinski definition) is 12. The van der Waals surface area contributed by atoms with Gasteiger partial charge in [0, 0.05) is 12.8 Å². The summed E-state index contributed by atoms with van der Waals surface area (Å²) in [6, 6.07) is 0. The van der Waals surface area contributed by atoms with Crippen LogP contribution in [0.1, 0.15) is 129 Å². The van der Waals surface area contributed by atoms with Crippen LogP contribution >= 0.6 is 7.82 Å². The van der Waals surface area contributed by atoms with Gasteiger partial charge >= 0.3 is 19.8 Å². The number of hydrogen-bond donors (Lipinski definition) is 6. The summed E-state index contributed by atoms with van der Waals surface area (Å²) in [5, 5.41) is 50.1. The van der Waals surface area contributed by atoms with E-state index in [9.17, 15) is 44.6 Å². The number of rotatable bonds is 33. The summed E-state index contributed by atoms with van der Waals surface area (Å²) in [4.78, 5) is 35.6. The van der Waals surface area contributed by atoms with Crippen LogP contribution in [0, 0.1) is 0 Å². The van der Waals surface area contributed by atoms with Gasteiger partial charge in [0.1, 0.15) is 43.2 Å². The molecule has 0 saturated heterocycles. The Labute approximate surface area is 352 Å². The zero-order chi connectivity index (χ0) is 43.6. The number of esters is 2. The molecule has 0 amide bonds. The van der Waals surface area contributed by atoms with E-state index in [1.807, 2.05) is 6.08 Å². The predicted octanol–water partition coefficient (Wildman–Crippen LogP) is 7.72. The van der Waals surface area contributed by atoms with Crippen molar-refractivity contribution in [3.63, 3.8) is 0 Å². The lowest BCUT2D eigenvalue weighted by Crippen LogP contribution is -2.64. The van der Waals surface area contributed by atoms with E-state index in [0.29, 0.717) is 19.3 Å². The molecule has 1 saturated carbocycles.